The van der Waals surface area contributed by atoms with E-state index in [-0.39, 0.29) is 35.6 Å². The number of amides is 1. The van der Waals surface area contributed by atoms with Crippen LogP contribution in [0.2, 0.25) is 0 Å². The zero-order valence-corrected chi connectivity index (χ0v) is 16.4. The molecule has 0 bridgehead atoms. The maximum Gasteiger partial charge on any atom is 0.350 e. The van der Waals surface area contributed by atoms with E-state index in [1.807, 2.05) is 0 Å². The van der Waals surface area contributed by atoms with Crippen molar-refractivity contribution in [1.82, 2.24) is 19.9 Å². The second kappa shape index (κ2) is 9.42. The molecule has 0 radical (unpaired) electrons. The molecule has 0 fully saturated rings. The third-order valence-corrected chi connectivity index (χ3v) is 4.15. The van der Waals surface area contributed by atoms with Crippen LogP contribution in [0.4, 0.5) is 11.6 Å². The van der Waals surface area contributed by atoms with Crippen molar-refractivity contribution in [2.45, 2.75) is 19.4 Å². The highest BCUT2D eigenvalue weighted by atomic mass is 16.4. The molecule has 0 aliphatic rings. The number of aliphatic imine (C=N–C) groups is 1. The Labute approximate surface area is 179 Å². The highest BCUT2D eigenvalue weighted by molar-refractivity contribution is 6.38. The normalized spacial score (nSPS) is 11.3. The van der Waals surface area contributed by atoms with E-state index in [1.54, 1.807) is 12.1 Å². The van der Waals surface area contributed by atoms with Crippen molar-refractivity contribution >= 4 is 46.4 Å². The van der Waals surface area contributed by atoms with E-state index in [1.165, 1.54) is 18.3 Å². The van der Waals surface area contributed by atoms with E-state index < -0.39 is 35.5 Å². The molecule has 0 spiro atoms. The highest BCUT2D eigenvalue weighted by Crippen LogP contribution is 2.13. The summed E-state index contributed by atoms with van der Waals surface area (Å²) in [7, 11) is 0. The topological polar surface area (TPSA) is 214 Å². The number of hydrogen-bond acceptors (Lipinski definition) is 9. The third kappa shape index (κ3) is 5.47. The fourth-order valence-electron chi connectivity index (χ4n) is 2.60. The minimum atomic E-state index is -1.45. The number of benzene rings is 1. The van der Waals surface area contributed by atoms with Gasteiger partial charge in [-0.15, -0.1) is 0 Å². The van der Waals surface area contributed by atoms with E-state index in [2.05, 4.69) is 30.2 Å². The molecule has 2 aromatic heterocycles. The van der Waals surface area contributed by atoms with Gasteiger partial charge in [-0.1, -0.05) is 0 Å². The maximum atomic E-state index is 12.2. The number of carboxylic acid groups (broad SMARTS) is 2. The number of nitrogens with zero attached hydrogens (tertiary/aromatic N) is 4. The molecule has 0 saturated heterocycles. The average molecular weight is 439 g/mol. The number of anilines is 2. The first-order valence-electron chi connectivity index (χ1n) is 9.15. The van der Waals surface area contributed by atoms with Gasteiger partial charge in [-0.3, -0.25) is 19.4 Å². The van der Waals surface area contributed by atoms with Gasteiger partial charge in [0.2, 0.25) is 5.95 Å². The summed E-state index contributed by atoms with van der Waals surface area (Å²) >= 11 is 0. The van der Waals surface area contributed by atoms with Crippen LogP contribution in [0.15, 0.2) is 40.2 Å². The fraction of sp³-hybridized carbons (Fsp3) is 0.158. The van der Waals surface area contributed by atoms with Crippen molar-refractivity contribution in [3.05, 3.63) is 52.1 Å². The van der Waals surface area contributed by atoms with Gasteiger partial charge in [0, 0.05) is 17.7 Å². The molecule has 13 heteroatoms. The van der Waals surface area contributed by atoms with E-state index in [4.69, 9.17) is 15.9 Å². The van der Waals surface area contributed by atoms with Gasteiger partial charge >= 0.3 is 11.9 Å². The molecule has 3 aromatic rings. The summed E-state index contributed by atoms with van der Waals surface area (Å²) in [5.41, 5.74) is 5.82. The fourth-order valence-corrected chi connectivity index (χ4v) is 2.60. The quantitative estimate of drug-likeness (QED) is 0.303. The zero-order valence-electron chi connectivity index (χ0n) is 16.4. The Hall–Kier alpha value is -4.68. The van der Waals surface area contributed by atoms with Crippen LogP contribution in [0.3, 0.4) is 0 Å². The lowest BCUT2D eigenvalue weighted by molar-refractivity contribution is -0.136. The number of nitrogens with one attached hydrogen (secondary N) is 2. The lowest BCUT2D eigenvalue weighted by Gasteiger charge is -2.07. The van der Waals surface area contributed by atoms with Gasteiger partial charge < -0.3 is 21.3 Å². The monoisotopic (exact) mass is 439 g/mol. The van der Waals surface area contributed by atoms with Gasteiger partial charge in [-0.2, -0.15) is 4.98 Å². The van der Waals surface area contributed by atoms with Gasteiger partial charge in [-0.25, -0.2) is 19.8 Å². The molecule has 0 saturated carbocycles. The first-order valence-corrected chi connectivity index (χ1v) is 9.15. The number of aliphatic carboxylic acids is 2. The van der Waals surface area contributed by atoms with Crippen molar-refractivity contribution in [1.29, 1.82) is 0 Å². The molecule has 32 heavy (non-hydrogen) atoms. The van der Waals surface area contributed by atoms with Crippen LogP contribution in [-0.4, -0.2) is 53.7 Å². The van der Waals surface area contributed by atoms with Crippen molar-refractivity contribution < 1.29 is 24.6 Å². The molecule has 0 aliphatic heterocycles. The molecule has 13 nitrogen and oxygen atoms in total. The molecular weight excluding hydrogens is 422 g/mol. The Morgan fingerprint density at radius 2 is 1.81 bits per heavy atom. The molecule has 0 aliphatic carbocycles. The van der Waals surface area contributed by atoms with Crippen LogP contribution in [0, 0.1) is 0 Å². The van der Waals surface area contributed by atoms with Gasteiger partial charge in [0.1, 0.15) is 5.71 Å². The molecule has 2 heterocycles. The Morgan fingerprint density at radius 1 is 1.09 bits per heavy atom. The molecule has 3 rings (SSSR count). The predicted molar refractivity (Wildman–Crippen MR) is 112 cm³/mol. The smallest absolute Gasteiger partial charge is 0.350 e. The Bertz CT molecular complexity index is 1280. The summed E-state index contributed by atoms with van der Waals surface area (Å²) in [5, 5.41) is 20.8. The molecule has 1 aromatic carbocycles. The lowest BCUT2D eigenvalue weighted by Crippen LogP contribution is -2.17. The number of aromatic nitrogens is 4. The number of nitrogen functional groups attached to an aromatic ring is 1. The number of hydrogen-bond donors (Lipinski definition) is 5. The van der Waals surface area contributed by atoms with E-state index in [0.29, 0.717) is 11.4 Å². The van der Waals surface area contributed by atoms with Crippen LogP contribution >= 0.6 is 0 Å². The minimum Gasteiger partial charge on any atom is -0.481 e. The van der Waals surface area contributed by atoms with E-state index in [0.717, 1.165) is 0 Å². The predicted octanol–water partition coefficient (Wildman–Crippen LogP) is 0.438. The van der Waals surface area contributed by atoms with Crippen LogP contribution in [0.5, 0.6) is 0 Å². The Morgan fingerprint density at radius 3 is 2.47 bits per heavy atom. The first kappa shape index (κ1) is 22.0. The average Bonchev–Trinajstić information content (AvgIpc) is 2.75. The molecule has 6 N–H and O–H groups in total. The number of fused-ring (bicyclic) bond motifs is 1. The second-order valence-electron chi connectivity index (χ2n) is 6.48. The van der Waals surface area contributed by atoms with Crippen LogP contribution < -0.4 is 16.6 Å². The summed E-state index contributed by atoms with van der Waals surface area (Å²) in [4.78, 5) is 63.9. The van der Waals surface area contributed by atoms with Crippen LogP contribution in [0.25, 0.3) is 11.2 Å². The molecule has 164 valence electrons. The number of rotatable bonds is 8. The summed E-state index contributed by atoms with van der Waals surface area (Å²) in [6.07, 6.45) is 0.625. The zero-order chi connectivity index (χ0) is 23.3. The first-order chi connectivity index (χ1) is 15.2. The van der Waals surface area contributed by atoms with E-state index >= 15 is 0 Å². The van der Waals surface area contributed by atoms with Crippen LogP contribution in [-0.2, 0) is 16.1 Å². The van der Waals surface area contributed by atoms with Crippen molar-refractivity contribution in [2.24, 2.45) is 4.99 Å². The molecular formula is C19H17N7O6. The largest absolute Gasteiger partial charge is 0.481 e. The Balaban J connectivity index is 1.68. The highest BCUT2D eigenvalue weighted by Gasteiger charge is 2.15. The number of aromatic amines is 1. The van der Waals surface area contributed by atoms with Gasteiger partial charge in [0.05, 0.1) is 24.9 Å². The number of carbonyl (C=O) groups excluding carboxylic acids is 1. The second-order valence-corrected chi connectivity index (χ2v) is 6.48. The number of carboxylic acids is 2. The molecule has 0 unspecified atom stereocenters. The number of H-pyrrole nitrogens is 1. The summed E-state index contributed by atoms with van der Waals surface area (Å²) in [6.45, 7) is 0.219. The van der Waals surface area contributed by atoms with Crippen LogP contribution in [0.1, 0.15) is 28.9 Å². The van der Waals surface area contributed by atoms with Crippen molar-refractivity contribution in [2.75, 3.05) is 11.1 Å². The van der Waals surface area contributed by atoms with Gasteiger partial charge in [0.15, 0.2) is 11.2 Å². The number of nitrogens with two attached hydrogens (primary N) is 1. The molecule has 0 atom stereocenters. The summed E-state index contributed by atoms with van der Waals surface area (Å²) in [6, 6.07) is 6.02. The Kier molecular flexibility index (Phi) is 6.48. The lowest BCUT2D eigenvalue weighted by atomic mass is 10.1. The van der Waals surface area contributed by atoms with E-state index in [9.17, 15) is 19.2 Å². The standard InChI is InChI=1S/C19H17N7O6/c20-19-25-15-14(17(30)26-19)23-11(8-22-15)7-21-10-3-1-9(2-4-10)16(29)24-12(18(31)32)5-6-13(27)28/h1-4,8,21H,5-7H2,(H,27,28)(H,31,32)(H3,20,22,25,26,30). The maximum absolute atomic E-state index is 12.2. The number of carbonyl (C=O) groups is 3. The van der Waals surface area contributed by atoms with Gasteiger partial charge in [0.25, 0.3) is 11.5 Å². The van der Waals surface area contributed by atoms with Crippen molar-refractivity contribution in [3.63, 3.8) is 0 Å². The SMILES string of the molecule is Nc1nc2ncc(CNc3ccc(C(=O)N=C(CCC(=O)O)C(=O)O)cc3)nc2c(=O)[nH]1. The van der Waals surface area contributed by atoms with Gasteiger partial charge in [-0.05, 0) is 24.3 Å². The minimum absolute atomic E-state index is 0.0504. The molecule has 1 amide bonds. The summed E-state index contributed by atoms with van der Waals surface area (Å²) < 4.78 is 0. The van der Waals surface area contributed by atoms with Crippen molar-refractivity contribution in [3.8, 4) is 0 Å². The third-order valence-electron chi connectivity index (χ3n) is 4.15. The summed E-state index contributed by atoms with van der Waals surface area (Å²) in [5.74, 6) is -3.50.